The van der Waals surface area contributed by atoms with Crippen LogP contribution in [-0.2, 0) is 6.54 Å². The molecule has 3 heterocycles. The minimum Gasteiger partial charge on any atom is -0.497 e. The number of aliphatic imine (C=N–C) groups is 1. The first-order valence-corrected chi connectivity index (χ1v) is 10.5. The quantitative estimate of drug-likeness (QED) is 0.620. The van der Waals surface area contributed by atoms with Crippen LogP contribution in [0.15, 0.2) is 65.9 Å². The molecule has 0 saturated heterocycles. The Morgan fingerprint density at radius 3 is 2.66 bits per heavy atom. The van der Waals surface area contributed by atoms with E-state index in [1.54, 1.807) is 20.4 Å². The molecular weight excluding hydrogens is 402 g/mol. The van der Waals surface area contributed by atoms with Gasteiger partial charge in [-0.05, 0) is 48.7 Å². The maximum Gasteiger partial charge on any atom is 0.223 e. The fourth-order valence-corrected chi connectivity index (χ4v) is 3.86. The first-order valence-electron chi connectivity index (χ1n) is 10.5. The van der Waals surface area contributed by atoms with E-state index in [0.717, 1.165) is 58.0 Å². The molecule has 160 valence electrons. The van der Waals surface area contributed by atoms with E-state index in [1.807, 2.05) is 36.5 Å². The van der Waals surface area contributed by atoms with E-state index < -0.39 is 0 Å². The molecule has 0 spiro atoms. The Morgan fingerprint density at radius 2 is 1.84 bits per heavy atom. The van der Waals surface area contributed by atoms with Gasteiger partial charge in [0.1, 0.15) is 11.5 Å². The van der Waals surface area contributed by atoms with Crippen molar-refractivity contribution in [2.24, 2.45) is 4.99 Å². The summed E-state index contributed by atoms with van der Waals surface area (Å²) in [7, 11) is 3.28. The van der Waals surface area contributed by atoms with Crippen molar-refractivity contribution in [3.63, 3.8) is 0 Å². The molecule has 1 aliphatic carbocycles. The molecule has 2 aliphatic rings. The third-order valence-electron chi connectivity index (χ3n) is 5.44. The summed E-state index contributed by atoms with van der Waals surface area (Å²) in [6.45, 7) is 0.527. The highest BCUT2D eigenvalue weighted by Gasteiger charge is 2.23. The molecule has 7 nitrogen and oxygen atoms in total. The van der Waals surface area contributed by atoms with Crippen molar-refractivity contribution in [2.45, 2.75) is 19.4 Å². The Kier molecular flexibility index (Phi) is 5.37. The van der Waals surface area contributed by atoms with Crippen LogP contribution in [0.3, 0.4) is 0 Å². The number of fused-ring (bicyclic) bond motifs is 5. The predicted octanol–water partition coefficient (Wildman–Crippen LogP) is 4.99. The lowest BCUT2D eigenvalue weighted by molar-refractivity contribution is 0.393. The summed E-state index contributed by atoms with van der Waals surface area (Å²) in [6, 6.07) is 9.68. The zero-order valence-corrected chi connectivity index (χ0v) is 18.0. The summed E-state index contributed by atoms with van der Waals surface area (Å²) >= 11 is 0. The second-order valence-corrected chi connectivity index (χ2v) is 7.50. The molecule has 0 saturated carbocycles. The van der Waals surface area contributed by atoms with Gasteiger partial charge >= 0.3 is 0 Å². The summed E-state index contributed by atoms with van der Waals surface area (Å²) in [5.41, 5.74) is 5.64. The SMILES string of the molecule is COc1cc(CNc2ncc3c(n2)-c2cccnc2N=C2C=CCCC=C23)cc(OC)c1. The summed E-state index contributed by atoms with van der Waals surface area (Å²) < 4.78 is 10.7. The van der Waals surface area contributed by atoms with Crippen LogP contribution in [-0.4, -0.2) is 34.9 Å². The first-order chi connectivity index (χ1) is 15.7. The van der Waals surface area contributed by atoms with Crippen LogP contribution in [0.4, 0.5) is 11.8 Å². The van der Waals surface area contributed by atoms with Gasteiger partial charge in [0, 0.05) is 41.7 Å². The fraction of sp³-hybridized carbons (Fsp3) is 0.200. The maximum atomic E-state index is 5.37. The lowest BCUT2D eigenvalue weighted by atomic mass is 9.99. The molecular formula is C25H23N5O2. The van der Waals surface area contributed by atoms with Crippen molar-refractivity contribution >= 4 is 23.1 Å². The highest BCUT2D eigenvalue weighted by Crippen LogP contribution is 2.38. The third-order valence-corrected chi connectivity index (χ3v) is 5.44. The number of benzene rings is 1. The highest BCUT2D eigenvalue weighted by atomic mass is 16.5. The number of aromatic nitrogens is 3. The van der Waals surface area contributed by atoms with E-state index in [1.165, 1.54) is 0 Å². The summed E-state index contributed by atoms with van der Waals surface area (Å²) in [5, 5.41) is 3.32. The van der Waals surface area contributed by atoms with E-state index in [4.69, 9.17) is 19.5 Å². The molecule has 0 bridgehead atoms. The molecule has 7 heteroatoms. The van der Waals surface area contributed by atoms with Crippen molar-refractivity contribution in [1.29, 1.82) is 0 Å². The van der Waals surface area contributed by atoms with Crippen LogP contribution < -0.4 is 14.8 Å². The van der Waals surface area contributed by atoms with Crippen LogP contribution in [0.5, 0.6) is 11.5 Å². The second-order valence-electron chi connectivity index (χ2n) is 7.50. The average molecular weight is 425 g/mol. The number of allylic oxidation sites excluding steroid dienone is 4. The number of hydrogen-bond acceptors (Lipinski definition) is 7. The molecule has 1 N–H and O–H groups in total. The van der Waals surface area contributed by atoms with Crippen LogP contribution in [0.1, 0.15) is 24.0 Å². The second kappa shape index (κ2) is 8.63. The normalized spacial score (nSPS) is 14.1. The Morgan fingerprint density at radius 1 is 1.00 bits per heavy atom. The molecule has 3 aromatic rings. The van der Waals surface area contributed by atoms with Crippen molar-refractivity contribution in [3.8, 4) is 22.8 Å². The zero-order valence-electron chi connectivity index (χ0n) is 18.0. The lowest BCUT2D eigenvalue weighted by Crippen LogP contribution is -2.07. The molecule has 2 aromatic heterocycles. The molecule has 5 rings (SSSR count). The van der Waals surface area contributed by atoms with Crippen molar-refractivity contribution in [2.75, 3.05) is 19.5 Å². The standard InChI is InChI=1S/C25H23N5O2/c1-31-17-11-16(12-18(13-17)32-2)14-27-25-28-15-21-19-7-4-3-5-9-22(19)29-24-20(23(21)30-25)8-6-10-26-24/h5-13,15H,3-4,14H2,1-2H3,(H,27,28,30). The van der Waals surface area contributed by atoms with E-state index >= 15 is 0 Å². The van der Waals surface area contributed by atoms with E-state index in [-0.39, 0.29) is 0 Å². The Hall–Kier alpha value is -4.00. The van der Waals surface area contributed by atoms with Gasteiger partial charge in [-0.25, -0.2) is 19.9 Å². The molecule has 0 atom stereocenters. The maximum absolute atomic E-state index is 5.37. The Balaban J connectivity index is 1.52. The molecule has 32 heavy (non-hydrogen) atoms. The van der Waals surface area contributed by atoms with Crippen LogP contribution in [0.25, 0.3) is 16.8 Å². The van der Waals surface area contributed by atoms with Gasteiger partial charge in [-0.15, -0.1) is 0 Å². The summed E-state index contributed by atoms with van der Waals surface area (Å²) in [6.07, 6.45) is 12.0. The number of rotatable bonds is 5. The number of nitrogens with one attached hydrogen (secondary N) is 1. The smallest absolute Gasteiger partial charge is 0.223 e. The highest BCUT2D eigenvalue weighted by molar-refractivity contribution is 6.31. The Bertz CT molecular complexity index is 1240. The number of hydrogen-bond donors (Lipinski definition) is 1. The molecule has 0 unspecified atom stereocenters. The van der Waals surface area contributed by atoms with E-state index in [9.17, 15) is 0 Å². The van der Waals surface area contributed by atoms with Crippen LogP contribution in [0, 0.1) is 0 Å². The largest absolute Gasteiger partial charge is 0.497 e. The number of methoxy groups -OCH3 is 2. The molecule has 0 fully saturated rings. The number of anilines is 1. The minimum absolute atomic E-state index is 0.527. The number of ether oxygens (including phenoxy) is 2. The van der Waals surface area contributed by atoms with Gasteiger partial charge in [-0.1, -0.05) is 12.2 Å². The van der Waals surface area contributed by atoms with E-state index in [2.05, 4.69) is 33.5 Å². The molecule has 1 aliphatic heterocycles. The van der Waals surface area contributed by atoms with Gasteiger partial charge in [0.25, 0.3) is 0 Å². The van der Waals surface area contributed by atoms with Gasteiger partial charge in [-0.3, -0.25) is 0 Å². The Labute approximate surface area is 186 Å². The lowest BCUT2D eigenvalue weighted by Gasteiger charge is -2.13. The van der Waals surface area contributed by atoms with Gasteiger partial charge in [0.05, 0.1) is 25.6 Å². The zero-order chi connectivity index (χ0) is 21.9. The van der Waals surface area contributed by atoms with Crippen LogP contribution >= 0.6 is 0 Å². The number of nitrogens with zero attached hydrogens (tertiary/aromatic N) is 4. The monoisotopic (exact) mass is 425 g/mol. The topological polar surface area (TPSA) is 81.5 Å². The molecule has 1 aromatic carbocycles. The summed E-state index contributed by atoms with van der Waals surface area (Å²) in [4.78, 5) is 18.8. The minimum atomic E-state index is 0.527. The predicted molar refractivity (Wildman–Crippen MR) is 126 cm³/mol. The van der Waals surface area contributed by atoms with Gasteiger partial charge in [0.2, 0.25) is 5.95 Å². The first kappa shape index (κ1) is 19.9. The molecule has 0 amide bonds. The van der Waals surface area contributed by atoms with Crippen molar-refractivity contribution in [3.05, 3.63) is 72.1 Å². The van der Waals surface area contributed by atoms with Gasteiger partial charge in [0.15, 0.2) is 5.82 Å². The van der Waals surface area contributed by atoms with Crippen molar-refractivity contribution in [1.82, 2.24) is 15.0 Å². The number of pyridine rings is 1. The van der Waals surface area contributed by atoms with E-state index in [0.29, 0.717) is 18.3 Å². The van der Waals surface area contributed by atoms with Crippen LogP contribution in [0.2, 0.25) is 0 Å². The van der Waals surface area contributed by atoms with Gasteiger partial charge in [-0.2, -0.15) is 0 Å². The van der Waals surface area contributed by atoms with Crippen molar-refractivity contribution < 1.29 is 9.47 Å². The fourth-order valence-electron chi connectivity index (χ4n) is 3.86. The summed E-state index contributed by atoms with van der Waals surface area (Å²) in [5.74, 6) is 2.68. The average Bonchev–Trinajstić information content (AvgIpc) is 3.14. The van der Waals surface area contributed by atoms with Gasteiger partial charge < -0.3 is 14.8 Å². The molecule has 0 radical (unpaired) electrons. The third kappa shape index (κ3) is 3.85.